The molecular weight excluding hydrogens is 232 g/mol. The maximum Gasteiger partial charge on any atom is 0.0362 e. The van der Waals surface area contributed by atoms with Crippen molar-refractivity contribution in [2.75, 3.05) is 20.1 Å². The van der Waals surface area contributed by atoms with Gasteiger partial charge in [-0.2, -0.15) is 0 Å². The predicted octanol–water partition coefficient (Wildman–Crippen LogP) is 3.81. The zero-order valence-electron chi connectivity index (χ0n) is 13.4. The van der Waals surface area contributed by atoms with E-state index in [-0.39, 0.29) is 0 Å². The van der Waals surface area contributed by atoms with Crippen LogP contribution in [0, 0.1) is 5.92 Å². The summed E-state index contributed by atoms with van der Waals surface area (Å²) >= 11 is 0. The lowest BCUT2D eigenvalue weighted by Crippen LogP contribution is -2.58. The predicted molar refractivity (Wildman–Crippen MR) is 83.5 cm³/mol. The number of likely N-dealkylation sites (N-methyl/N-ethyl adjacent to an activating group) is 1. The van der Waals surface area contributed by atoms with Gasteiger partial charge in [-0.05, 0) is 58.2 Å². The van der Waals surface area contributed by atoms with E-state index in [4.69, 9.17) is 0 Å². The van der Waals surface area contributed by atoms with Gasteiger partial charge in [0.15, 0.2) is 0 Å². The third kappa shape index (κ3) is 3.16. The number of likely N-dealkylation sites (tertiary alicyclic amines) is 1. The van der Waals surface area contributed by atoms with Crippen molar-refractivity contribution in [3.8, 4) is 0 Å². The first-order valence-electron chi connectivity index (χ1n) is 8.69. The van der Waals surface area contributed by atoms with Gasteiger partial charge in [-0.15, -0.1) is 0 Å². The topological polar surface area (TPSA) is 15.3 Å². The molecule has 0 radical (unpaired) electrons. The summed E-state index contributed by atoms with van der Waals surface area (Å²) in [5, 5.41) is 3.72. The minimum Gasteiger partial charge on any atom is -0.315 e. The highest BCUT2D eigenvalue weighted by Gasteiger charge is 2.46. The van der Waals surface area contributed by atoms with Crippen LogP contribution in [-0.4, -0.2) is 36.6 Å². The molecule has 0 aromatic carbocycles. The van der Waals surface area contributed by atoms with Gasteiger partial charge in [-0.3, -0.25) is 4.90 Å². The highest BCUT2D eigenvalue weighted by molar-refractivity contribution is 5.04. The van der Waals surface area contributed by atoms with E-state index in [1.54, 1.807) is 0 Å². The van der Waals surface area contributed by atoms with E-state index in [0.29, 0.717) is 11.6 Å². The molecule has 0 amide bonds. The van der Waals surface area contributed by atoms with Crippen LogP contribution in [0.3, 0.4) is 0 Å². The van der Waals surface area contributed by atoms with Crippen LogP contribution in [0.2, 0.25) is 0 Å². The van der Waals surface area contributed by atoms with Gasteiger partial charge in [0.25, 0.3) is 0 Å². The summed E-state index contributed by atoms with van der Waals surface area (Å²) in [5.41, 5.74) is 0.494. The van der Waals surface area contributed by atoms with Crippen LogP contribution in [0.1, 0.15) is 71.6 Å². The van der Waals surface area contributed by atoms with Gasteiger partial charge in [-0.1, -0.05) is 39.5 Å². The molecule has 1 heterocycles. The van der Waals surface area contributed by atoms with Crippen molar-refractivity contribution in [3.05, 3.63) is 0 Å². The standard InChI is InChI=1S/C17H34N2/c1-4-15(5-2)14-16(18-3)17(10-6-7-11-17)19-12-8-9-13-19/h15-16,18H,4-14H2,1-3H3. The van der Waals surface area contributed by atoms with Crippen LogP contribution in [0.5, 0.6) is 0 Å². The van der Waals surface area contributed by atoms with Crippen LogP contribution in [0.15, 0.2) is 0 Å². The molecule has 2 heteroatoms. The molecule has 19 heavy (non-hydrogen) atoms. The minimum absolute atomic E-state index is 0.494. The van der Waals surface area contributed by atoms with E-state index in [9.17, 15) is 0 Å². The Morgan fingerprint density at radius 2 is 1.58 bits per heavy atom. The van der Waals surface area contributed by atoms with Crippen LogP contribution >= 0.6 is 0 Å². The van der Waals surface area contributed by atoms with E-state index in [2.05, 4.69) is 31.1 Å². The summed E-state index contributed by atoms with van der Waals surface area (Å²) in [4.78, 5) is 2.85. The monoisotopic (exact) mass is 266 g/mol. The first-order chi connectivity index (χ1) is 9.26. The number of nitrogens with zero attached hydrogens (tertiary/aromatic N) is 1. The van der Waals surface area contributed by atoms with Crippen LogP contribution in [0.4, 0.5) is 0 Å². The minimum atomic E-state index is 0.494. The molecular formula is C17H34N2. The fourth-order valence-electron chi connectivity index (χ4n) is 4.60. The maximum atomic E-state index is 3.72. The summed E-state index contributed by atoms with van der Waals surface area (Å²) in [5.74, 6) is 0.900. The van der Waals surface area contributed by atoms with E-state index in [0.717, 1.165) is 5.92 Å². The lowest BCUT2D eigenvalue weighted by atomic mass is 9.80. The Labute approximate surface area is 120 Å². The molecule has 2 nitrogen and oxygen atoms in total. The van der Waals surface area contributed by atoms with Gasteiger partial charge in [0.1, 0.15) is 0 Å². The molecule has 0 bridgehead atoms. The van der Waals surface area contributed by atoms with Crippen molar-refractivity contribution in [1.82, 2.24) is 10.2 Å². The molecule has 1 N–H and O–H groups in total. The normalized spacial score (nSPS) is 25.3. The van der Waals surface area contributed by atoms with Crippen molar-refractivity contribution >= 4 is 0 Å². The van der Waals surface area contributed by atoms with Gasteiger partial charge in [0, 0.05) is 11.6 Å². The Morgan fingerprint density at radius 3 is 2.05 bits per heavy atom. The second-order valence-electron chi connectivity index (χ2n) is 6.76. The average molecular weight is 266 g/mol. The van der Waals surface area contributed by atoms with Gasteiger partial charge in [-0.25, -0.2) is 0 Å². The highest BCUT2D eigenvalue weighted by Crippen LogP contribution is 2.42. The van der Waals surface area contributed by atoms with Crippen molar-refractivity contribution in [1.29, 1.82) is 0 Å². The molecule has 1 atom stereocenters. The number of hydrogen-bond acceptors (Lipinski definition) is 2. The first-order valence-corrected chi connectivity index (χ1v) is 8.69. The van der Waals surface area contributed by atoms with Gasteiger partial charge >= 0.3 is 0 Å². The van der Waals surface area contributed by atoms with E-state index in [1.165, 1.54) is 70.9 Å². The molecule has 1 saturated carbocycles. The van der Waals surface area contributed by atoms with Gasteiger partial charge in [0.05, 0.1) is 0 Å². The number of rotatable bonds is 7. The lowest BCUT2D eigenvalue weighted by Gasteiger charge is -2.46. The van der Waals surface area contributed by atoms with E-state index in [1.807, 2.05) is 0 Å². The third-order valence-electron chi connectivity index (χ3n) is 5.93. The first kappa shape index (κ1) is 15.3. The molecule has 2 fully saturated rings. The largest absolute Gasteiger partial charge is 0.315 e. The molecule has 1 unspecified atom stereocenters. The summed E-state index contributed by atoms with van der Waals surface area (Å²) < 4.78 is 0. The molecule has 0 spiro atoms. The van der Waals surface area contributed by atoms with Crippen LogP contribution < -0.4 is 5.32 Å². The van der Waals surface area contributed by atoms with Crippen molar-refractivity contribution in [2.24, 2.45) is 5.92 Å². The van der Waals surface area contributed by atoms with Gasteiger partial charge < -0.3 is 5.32 Å². The van der Waals surface area contributed by atoms with Crippen molar-refractivity contribution in [3.63, 3.8) is 0 Å². The summed E-state index contributed by atoms with van der Waals surface area (Å²) in [6.07, 6.45) is 12.6. The summed E-state index contributed by atoms with van der Waals surface area (Å²) in [6, 6.07) is 0.706. The molecule has 1 aliphatic heterocycles. The SMILES string of the molecule is CCC(CC)CC(NC)C1(N2CCCC2)CCCC1. The zero-order chi connectivity index (χ0) is 13.7. The van der Waals surface area contributed by atoms with Crippen molar-refractivity contribution in [2.45, 2.75) is 83.2 Å². The average Bonchev–Trinajstić information content (AvgIpc) is 3.11. The summed E-state index contributed by atoms with van der Waals surface area (Å²) in [6.45, 7) is 7.41. The van der Waals surface area contributed by atoms with E-state index >= 15 is 0 Å². The molecule has 1 aliphatic carbocycles. The van der Waals surface area contributed by atoms with Crippen molar-refractivity contribution < 1.29 is 0 Å². The maximum absolute atomic E-state index is 3.72. The molecule has 2 rings (SSSR count). The van der Waals surface area contributed by atoms with E-state index < -0.39 is 0 Å². The Kier molecular flexibility index (Phi) is 5.70. The molecule has 0 aromatic heterocycles. The third-order valence-corrected chi connectivity index (χ3v) is 5.93. The molecule has 1 saturated heterocycles. The van der Waals surface area contributed by atoms with Gasteiger partial charge in [0.2, 0.25) is 0 Å². The number of hydrogen-bond donors (Lipinski definition) is 1. The Balaban J connectivity index is 2.10. The smallest absolute Gasteiger partial charge is 0.0362 e. The fraction of sp³-hybridized carbons (Fsp3) is 1.00. The Morgan fingerprint density at radius 1 is 1.00 bits per heavy atom. The zero-order valence-corrected chi connectivity index (χ0v) is 13.4. The Hall–Kier alpha value is -0.0800. The molecule has 2 aliphatic rings. The molecule has 112 valence electrons. The molecule has 0 aromatic rings. The summed E-state index contributed by atoms with van der Waals surface area (Å²) in [7, 11) is 2.20. The second kappa shape index (κ2) is 7.08. The number of nitrogens with one attached hydrogen (secondary N) is 1. The fourth-order valence-corrected chi connectivity index (χ4v) is 4.60. The Bertz CT molecular complexity index is 248. The second-order valence-corrected chi connectivity index (χ2v) is 6.76. The lowest BCUT2D eigenvalue weighted by molar-refractivity contribution is 0.0680. The van der Waals surface area contributed by atoms with Crippen LogP contribution in [0.25, 0.3) is 0 Å². The highest BCUT2D eigenvalue weighted by atomic mass is 15.2. The quantitative estimate of drug-likeness (QED) is 0.754. The van der Waals surface area contributed by atoms with Crippen LogP contribution in [-0.2, 0) is 0 Å².